The van der Waals surface area contributed by atoms with E-state index in [9.17, 15) is 0 Å². The van der Waals surface area contributed by atoms with Crippen LogP contribution in [0.25, 0.3) is 71.6 Å². The van der Waals surface area contributed by atoms with Gasteiger partial charge in [-0.15, -0.1) is 0 Å². The lowest BCUT2D eigenvalue weighted by molar-refractivity contribution is 0.660. The molecule has 1 aliphatic carbocycles. The lowest BCUT2D eigenvalue weighted by atomic mass is 9.82. The van der Waals surface area contributed by atoms with Gasteiger partial charge in [-0.25, -0.2) is 0 Å². The first-order valence-corrected chi connectivity index (χ1v) is 19.9. The topological polar surface area (TPSA) is 8.17 Å². The quantitative estimate of drug-likeness (QED) is 0.165. The van der Waals surface area contributed by atoms with E-state index in [2.05, 4.69) is 230 Å². The summed E-state index contributed by atoms with van der Waals surface area (Å²) >= 11 is 0. The van der Waals surface area contributed by atoms with Crippen molar-refractivity contribution < 1.29 is 0 Å². The third-order valence-electron chi connectivity index (χ3n) is 12.2. The smallest absolute Gasteiger partial charge is 0.0541 e. The minimum Gasteiger partial charge on any atom is -0.310 e. The summed E-state index contributed by atoms with van der Waals surface area (Å²) in [6.45, 7) is 4.71. The number of anilines is 3. The lowest BCUT2D eigenvalue weighted by Crippen LogP contribution is -2.16. The molecule has 0 unspecified atom stereocenters. The molecule has 0 amide bonds. The lowest BCUT2D eigenvalue weighted by Gasteiger charge is -2.28. The summed E-state index contributed by atoms with van der Waals surface area (Å²) in [5, 5.41) is 5.01. The number of rotatable bonds is 6. The summed E-state index contributed by atoms with van der Waals surface area (Å²) in [5.41, 5.74) is 17.2. The maximum absolute atomic E-state index is 2.43. The molecule has 0 saturated heterocycles. The van der Waals surface area contributed by atoms with Crippen LogP contribution in [0.4, 0.5) is 17.1 Å². The highest BCUT2D eigenvalue weighted by molar-refractivity contribution is 6.11. The second kappa shape index (κ2) is 13.0. The maximum atomic E-state index is 2.43. The van der Waals surface area contributed by atoms with Crippen molar-refractivity contribution in [1.29, 1.82) is 0 Å². The summed E-state index contributed by atoms with van der Waals surface area (Å²) in [5.74, 6) is 0. The fourth-order valence-corrected chi connectivity index (χ4v) is 9.42. The Labute approximate surface area is 333 Å². The highest BCUT2D eigenvalue weighted by Crippen LogP contribution is 2.51. The van der Waals surface area contributed by atoms with Gasteiger partial charge in [0.1, 0.15) is 0 Å². The largest absolute Gasteiger partial charge is 0.310 e. The molecule has 11 rings (SSSR count). The van der Waals surface area contributed by atoms with Gasteiger partial charge in [-0.05, 0) is 104 Å². The standard InChI is InChI=1S/C55H40N2/c1-55(2)50-22-9-6-16-45(50)46-35-34-42(36-51(46)55)56(40-30-26-38(27-31-40)37-14-4-3-5-15-37)41-32-28-39(29-33-41)43-19-12-21-47-44(43)20-13-25-54(47)57-52-23-10-7-17-48(52)49-18-8-11-24-53(49)57/h3-36H,1-2H3. The fraction of sp³-hybridized carbons (Fsp3) is 0.0545. The minimum absolute atomic E-state index is 0.0962. The molecule has 0 bridgehead atoms. The normalized spacial score (nSPS) is 12.9. The minimum atomic E-state index is -0.0962. The number of hydrogen-bond donors (Lipinski definition) is 0. The van der Waals surface area contributed by atoms with E-state index in [-0.39, 0.29) is 5.41 Å². The Kier molecular flexibility index (Phi) is 7.55. The molecule has 270 valence electrons. The molecule has 9 aromatic carbocycles. The molecule has 0 saturated carbocycles. The average molecular weight is 729 g/mol. The van der Waals surface area contributed by atoms with Gasteiger partial charge in [0.2, 0.25) is 0 Å². The molecule has 0 N–H and O–H groups in total. The molecule has 0 aliphatic heterocycles. The number of nitrogens with zero attached hydrogens (tertiary/aromatic N) is 2. The van der Waals surface area contributed by atoms with Crippen molar-refractivity contribution in [3.8, 4) is 39.1 Å². The third-order valence-corrected chi connectivity index (χ3v) is 12.2. The Hall–Kier alpha value is -7.16. The Balaban J connectivity index is 1.03. The third kappa shape index (κ3) is 5.25. The SMILES string of the molecule is CC1(C)c2ccccc2-c2ccc(N(c3ccc(-c4ccccc4)cc3)c3ccc(-c4cccc5c(-n6c7ccccc7c7ccccc76)cccc45)cc3)cc21. The molecule has 0 atom stereocenters. The van der Waals surface area contributed by atoms with Gasteiger partial charge in [0.25, 0.3) is 0 Å². The first-order chi connectivity index (χ1) is 28.0. The number of hydrogen-bond acceptors (Lipinski definition) is 1. The molecule has 0 spiro atoms. The van der Waals surface area contributed by atoms with E-state index in [0.29, 0.717) is 0 Å². The van der Waals surface area contributed by atoms with Crippen LogP contribution in [0.1, 0.15) is 25.0 Å². The van der Waals surface area contributed by atoms with Crippen LogP contribution in [0.2, 0.25) is 0 Å². The van der Waals surface area contributed by atoms with Crippen molar-refractivity contribution in [1.82, 2.24) is 4.57 Å². The van der Waals surface area contributed by atoms with Crippen LogP contribution in [0.5, 0.6) is 0 Å². The van der Waals surface area contributed by atoms with Crippen LogP contribution >= 0.6 is 0 Å². The van der Waals surface area contributed by atoms with E-state index in [1.165, 1.54) is 82.8 Å². The Morgan fingerprint density at radius 3 is 1.58 bits per heavy atom. The molecule has 0 fully saturated rings. The molecule has 2 nitrogen and oxygen atoms in total. The first-order valence-electron chi connectivity index (χ1n) is 19.9. The fourth-order valence-electron chi connectivity index (χ4n) is 9.42. The first kappa shape index (κ1) is 33.2. The molecule has 1 aromatic heterocycles. The second-order valence-electron chi connectivity index (χ2n) is 15.7. The highest BCUT2D eigenvalue weighted by atomic mass is 15.1. The monoisotopic (exact) mass is 728 g/mol. The van der Waals surface area contributed by atoms with Crippen LogP contribution < -0.4 is 4.90 Å². The highest BCUT2D eigenvalue weighted by Gasteiger charge is 2.35. The van der Waals surface area contributed by atoms with Gasteiger partial charge in [-0.2, -0.15) is 0 Å². The van der Waals surface area contributed by atoms with Crippen molar-refractivity contribution in [3.05, 3.63) is 217 Å². The van der Waals surface area contributed by atoms with Gasteiger partial charge in [0.15, 0.2) is 0 Å². The zero-order valence-electron chi connectivity index (χ0n) is 32.0. The summed E-state index contributed by atoms with van der Waals surface area (Å²) in [6.07, 6.45) is 0. The Morgan fingerprint density at radius 1 is 0.351 bits per heavy atom. The molecule has 1 heterocycles. The summed E-state index contributed by atoms with van der Waals surface area (Å²) in [4.78, 5) is 2.40. The van der Waals surface area contributed by atoms with E-state index in [1.54, 1.807) is 0 Å². The van der Waals surface area contributed by atoms with Gasteiger partial charge < -0.3 is 9.47 Å². The van der Waals surface area contributed by atoms with E-state index >= 15 is 0 Å². The van der Waals surface area contributed by atoms with E-state index in [4.69, 9.17) is 0 Å². The number of benzene rings is 9. The molecular weight excluding hydrogens is 689 g/mol. The second-order valence-corrected chi connectivity index (χ2v) is 15.7. The molecular formula is C55H40N2. The number of para-hydroxylation sites is 2. The molecule has 1 aliphatic rings. The van der Waals surface area contributed by atoms with E-state index in [1.807, 2.05) is 0 Å². The van der Waals surface area contributed by atoms with Crippen LogP contribution in [0.3, 0.4) is 0 Å². The summed E-state index contributed by atoms with van der Waals surface area (Å²) in [7, 11) is 0. The predicted octanol–water partition coefficient (Wildman–Crippen LogP) is 15.0. The van der Waals surface area contributed by atoms with Crippen LogP contribution in [-0.4, -0.2) is 4.57 Å². The molecule has 10 aromatic rings. The van der Waals surface area contributed by atoms with Crippen molar-refractivity contribution in [2.45, 2.75) is 19.3 Å². The van der Waals surface area contributed by atoms with Crippen molar-refractivity contribution in [3.63, 3.8) is 0 Å². The van der Waals surface area contributed by atoms with Gasteiger partial charge in [0.05, 0.1) is 16.7 Å². The zero-order chi connectivity index (χ0) is 38.1. The van der Waals surface area contributed by atoms with E-state index in [0.717, 1.165) is 17.1 Å². The van der Waals surface area contributed by atoms with Gasteiger partial charge >= 0.3 is 0 Å². The Morgan fingerprint density at radius 2 is 0.860 bits per heavy atom. The van der Waals surface area contributed by atoms with Crippen LogP contribution in [0, 0.1) is 0 Å². The summed E-state index contributed by atoms with van der Waals surface area (Å²) in [6, 6.07) is 75.6. The molecule has 0 radical (unpaired) electrons. The number of fused-ring (bicyclic) bond motifs is 7. The predicted molar refractivity (Wildman–Crippen MR) is 241 cm³/mol. The van der Waals surface area contributed by atoms with Gasteiger partial charge in [-0.1, -0.05) is 166 Å². The van der Waals surface area contributed by atoms with Crippen molar-refractivity contribution >= 4 is 49.6 Å². The average Bonchev–Trinajstić information content (AvgIpc) is 3.72. The number of aromatic nitrogens is 1. The molecule has 2 heteroatoms. The van der Waals surface area contributed by atoms with Crippen LogP contribution in [0.15, 0.2) is 206 Å². The molecule has 57 heavy (non-hydrogen) atoms. The maximum Gasteiger partial charge on any atom is 0.0541 e. The van der Waals surface area contributed by atoms with Crippen LogP contribution in [-0.2, 0) is 5.41 Å². The summed E-state index contributed by atoms with van der Waals surface area (Å²) < 4.78 is 2.43. The zero-order valence-corrected chi connectivity index (χ0v) is 32.0. The van der Waals surface area contributed by atoms with Crippen molar-refractivity contribution in [2.75, 3.05) is 4.90 Å². The van der Waals surface area contributed by atoms with Gasteiger partial charge in [0, 0.05) is 38.6 Å². The Bertz CT molecular complexity index is 3080. The van der Waals surface area contributed by atoms with Crippen molar-refractivity contribution in [2.24, 2.45) is 0 Å². The van der Waals surface area contributed by atoms with E-state index < -0.39 is 0 Å². The van der Waals surface area contributed by atoms with Gasteiger partial charge in [-0.3, -0.25) is 0 Å².